The van der Waals surface area contributed by atoms with Gasteiger partial charge in [-0.2, -0.15) is 5.10 Å². The van der Waals surface area contributed by atoms with Gasteiger partial charge in [0.05, 0.1) is 33.4 Å². The number of hydrogen-bond donors (Lipinski definition) is 2. The molecule has 0 atom stereocenters. The number of rotatable bonds is 7. The van der Waals surface area contributed by atoms with Crippen molar-refractivity contribution in [3.63, 3.8) is 0 Å². The molecule has 0 bridgehead atoms. The zero-order valence-electron chi connectivity index (χ0n) is 22.7. The lowest BCUT2D eigenvalue weighted by Crippen LogP contribution is -2.16. The lowest BCUT2D eigenvalue weighted by atomic mass is 9.91. The average Bonchev–Trinajstić information content (AvgIpc) is 3.18. The maximum atomic E-state index is 13.4. The minimum Gasteiger partial charge on any atom is -0.493 e. The predicted octanol–water partition coefficient (Wildman–Crippen LogP) is 4.35. The summed E-state index contributed by atoms with van der Waals surface area (Å²) in [4.78, 5) is 31.2. The highest BCUT2D eigenvalue weighted by Gasteiger charge is 2.27. The number of aryl methyl sites for hydroxylation is 3. The van der Waals surface area contributed by atoms with Crippen LogP contribution in [-0.2, 0) is 22.5 Å². The Bertz CT molecular complexity index is 1780. The van der Waals surface area contributed by atoms with Crippen molar-refractivity contribution in [2.45, 2.75) is 51.9 Å². The maximum Gasteiger partial charge on any atom is 0.277 e. The third kappa shape index (κ3) is 5.21. The number of nitro groups is 1. The fourth-order valence-electron chi connectivity index (χ4n) is 4.31. The fraction of sp³-hybridized carbons (Fsp3) is 0.346. The van der Waals surface area contributed by atoms with Crippen LogP contribution in [0.25, 0.3) is 22.4 Å². The molecule has 39 heavy (non-hydrogen) atoms. The van der Waals surface area contributed by atoms with Gasteiger partial charge in [0.25, 0.3) is 21.3 Å². The first kappa shape index (κ1) is 27.8. The molecule has 0 fully saturated rings. The third-order valence-electron chi connectivity index (χ3n) is 6.20. The number of ether oxygens (including phenoxy) is 1. The van der Waals surface area contributed by atoms with E-state index in [4.69, 9.17) is 4.74 Å². The molecule has 2 heterocycles. The van der Waals surface area contributed by atoms with Gasteiger partial charge in [-0.15, -0.1) is 0 Å². The molecule has 4 aromatic rings. The Kier molecular flexibility index (Phi) is 6.98. The molecule has 0 saturated heterocycles. The normalized spacial score (nSPS) is 12.1. The van der Waals surface area contributed by atoms with Crippen LogP contribution in [0.2, 0.25) is 0 Å². The number of H-pyrrole nitrogens is 1. The summed E-state index contributed by atoms with van der Waals surface area (Å²) in [5, 5.41) is 15.9. The second-order valence-corrected chi connectivity index (χ2v) is 11.9. The standard InChI is InChI=1S/C26H30N6O6S/c1-8-38-20-10-9-16(39(36,37)30-18-13-19(32(34)35)15(3)11-14(18)2)12-17(20)24-27-21-22(25(33)28-24)31(7)29-23(21)26(4,5)6/h9-13,30H,8H2,1-7H3,(H,27,28,33). The third-order valence-corrected chi connectivity index (χ3v) is 7.57. The number of aromatic amines is 1. The van der Waals surface area contributed by atoms with E-state index < -0.39 is 25.9 Å². The van der Waals surface area contributed by atoms with Gasteiger partial charge in [-0.05, 0) is 50.6 Å². The van der Waals surface area contributed by atoms with Gasteiger partial charge in [-0.1, -0.05) is 20.8 Å². The van der Waals surface area contributed by atoms with Crippen LogP contribution >= 0.6 is 0 Å². The van der Waals surface area contributed by atoms with Crippen LogP contribution in [0, 0.1) is 24.0 Å². The zero-order chi connectivity index (χ0) is 28.9. The Hall–Kier alpha value is -4.26. The lowest BCUT2D eigenvalue weighted by Gasteiger charge is -2.16. The van der Waals surface area contributed by atoms with Gasteiger partial charge in [-0.3, -0.25) is 24.3 Å². The van der Waals surface area contributed by atoms with E-state index in [9.17, 15) is 23.3 Å². The van der Waals surface area contributed by atoms with E-state index in [0.29, 0.717) is 33.6 Å². The van der Waals surface area contributed by atoms with Crippen molar-refractivity contribution in [2.75, 3.05) is 11.3 Å². The highest BCUT2D eigenvalue weighted by molar-refractivity contribution is 7.92. The summed E-state index contributed by atoms with van der Waals surface area (Å²) in [6, 6.07) is 6.93. The monoisotopic (exact) mass is 554 g/mol. The molecule has 2 aromatic heterocycles. The van der Waals surface area contributed by atoms with Crippen molar-refractivity contribution in [3.8, 4) is 17.1 Å². The number of benzene rings is 2. The number of nitro benzene ring substituents is 1. The molecular formula is C26H30N6O6S. The number of hydrogen-bond acceptors (Lipinski definition) is 8. The summed E-state index contributed by atoms with van der Waals surface area (Å²) in [5.74, 6) is 0.441. The number of aromatic nitrogens is 4. The molecule has 0 amide bonds. The van der Waals surface area contributed by atoms with Crippen LogP contribution in [0.15, 0.2) is 40.0 Å². The highest BCUT2D eigenvalue weighted by atomic mass is 32.2. The second kappa shape index (κ2) is 9.80. The van der Waals surface area contributed by atoms with Crippen molar-refractivity contribution < 1.29 is 18.1 Å². The Morgan fingerprint density at radius 1 is 1.15 bits per heavy atom. The maximum absolute atomic E-state index is 13.4. The number of anilines is 1. The molecule has 0 unspecified atom stereocenters. The largest absolute Gasteiger partial charge is 0.493 e. The minimum absolute atomic E-state index is 0.0841. The van der Waals surface area contributed by atoms with Crippen molar-refractivity contribution in [1.82, 2.24) is 19.7 Å². The highest BCUT2D eigenvalue weighted by Crippen LogP contribution is 2.34. The first-order chi connectivity index (χ1) is 18.1. The molecule has 0 aliphatic carbocycles. The van der Waals surface area contributed by atoms with E-state index in [2.05, 4.69) is 19.8 Å². The zero-order valence-corrected chi connectivity index (χ0v) is 23.6. The summed E-state index contributed by atoms with van der Waals surface area (Å²) < 4.78 is 36.5. The van der Waals surface area contributed by atoms with Crippen LogP contribution in [0.3, 0.4) is 0 Å². The Morgan fingerprint density at radius 2 is 1.85 bits per heavy atom. The SMILES string of the molecule is CCOc1ccc(S(=O)(=O)Nc2cc([N+](=O)[O-])c(C)cc2C)cc1-c1nc2c(C(C)(C)C)nn(C)c2c(=O)[nH]1. The summed E-state index contributed by atoms with van der Waals surface area (Å²) in [7, 11) is -2.53. The van der Waals surface area contributed by atoms with Crippen molar-refractivity contribution >= 4 is 32.4 Å². The van der Waals surface area contributed by atoms with E-state index >= 15 is 0 Å². The molecule has 0 aliphatic rings. The lowest BCUT2D eigenvalue weighted by molar-refractivity contribution is -0.385. The van der Waals surface area contributed by atoms with Crippen molar-refractivity contribution in [2.24, 2.45) is 7.05 Å². The average molecular weight is 555 g/mol. The molecule has 4 rings (SSSR count). The van der Waals surface area contributed by atoms with Crippen LogP contribution in [0.5, 0.6) is 5.75 Å². The topological polar surface area (TPSA) is 162 Å². The van der Waals surface area contributed by atoms with Crippen LogP contribution in [0.4, 0.5) is 11.4 Å². The molecule has 2 aromatic carbocycles. The molecule has 0 saturated carbocycles. The van der Waals surface area contributed by atoms with E-state index in [1.54, 1.807) is 33.9 Å². The van der Waals surface area contributed by atoms with Crippen molar-refractivity contribution in [1.29, 1.82) is 0 Å². The summed E-state index contributed by atoms with van der Waals surface area (Å²) in [6.07, 6.45) is 0. The first-order valence-electron chi connectivity index (χ1n) is 12.2. The van der Waals surface area contributed by atoms with Gasteiger partial charge in [-0.25, -0.2) is 13.4 Å². The van der Waals surface area contributed by atoms with Gasteiger partial charge in [0, 0.05) is 24.1 Å². The minimum atomic E-state index is -4.20. The quantitative estimate of drug-likeness (QED) is 0.252. The van der Waals surface area contributed by atoms with E-state index in [1.165, 1.54) is 28.9 Å². The number of fused-ring (bicyclic) bond motifs is 1. The van der Waals surface area contributed by atoms with E-state index in [1.807, 2.05) is 20.8 Å². The van der Waals surface area contributed by atoms with Gasteiger partial charge >= 0.3 is 0 Å². The summed E-state index contributed by atoms with van der Waals surface area (Å²) >= 11 is 0. The summed E-state index contributed by atoms with van der Waals surface area (Å²) in [6.45, 7) is 11.2. The molecular weight excluding hydrogens is 524 g/mol. The Labute approximate surface area is 225 Å². The van der Waals surface area contributed by atoms with Crippen molar-refractivity contribution in [3.05, 3.63) is 67.6 Å². The second-order valence-electron chi connectivity index (χ2n) is 10.2. The van der Waals surface area contributed by atoms with Crippen LogP contribution < -0.4 is 15.0 Å². The van der Waals surface area contributed by atoms with Gasteiger partial charge in [0.1, 0.15) is 17.1 Å². The number of nitrogens with one attached hydrogen (secondary N) is 2. The van der Waals surface area contributed by atoms with Crippen LogP contribution in [0.1, 0.15) is 44.5 Å². The molecule has 0 aliphatic heterocycles. The fourth-order valence-corrected chi connectivity index (χ4v) is 5.45. The van der Waals surface area contributed by atoms with Gasteiger partial charge in [0.15, 0.2) is 5.52 Å². The number of sulfonamides is 1. The molecule has 13 heteroatoms. The smallest absolute Gasteiger partial charge is 0.277 e. The van der Waals surface area contributed by atoms with E-state index in [-0.39, 0.29) is 34.3 Å². The Balaban J connectivity index is 1.88. The molecule has 12 nitrogen and oxygen atoms in total. The molecule has 0 radical (unpaired) electrons. The molecule has 206 valence electrons. The number of nitrogens with zero attached hydrogens (tertiary/aromatic N) is 4. The van der Waals surface area contributed by atoms with Gasteiger partial charge < -0.3 is 9.72 Å². The molecule has 0 spiro atoms. The summed E-state index contributed by atoms with van der Waals surface area (Å²) in [5.41, 5.74) is 1.55. The van der Waals surface area contributed by atoms with E-state index in [0.717, 1.165) is 0 Å². The van der Waals surface area contributed by atoms with Crippen LogP contribution in [-0.4, -0.2) is 39.7 Å². The van der Waals surface area contributed by atoms with Gasteiger partial charge in [0.2, 0.25) is 0 Å². The Morgan fingerprint density at radius 3 is 2.46 bits per heavy atom. The molecule has 2 N–H and O–H groups in total. The predicted molar refractivity (Wildman–Crippen MR) is 148 cm³/mol. The first-order valence-corrected chi connectivity index (χ1v) is 13.7.